The topological polar surface area (TPSA) is 58.2 Å². The molecule has 2 aliphatic rings. The van der Waals surface area contributed by atoms with Crippen molar-refractivity contribution in [3.63, 3.8) is 0 Å². The van der Waals surface area contributed by atoms with Crippen LogP contribution < -0.4 is 10.0 Å². The van der Waals surface area contributed by atoms with Crippen LogP contribution in [0.15, 0.2) is 24.3 Å². The van der Waals surface area contributed by atoms with Gasteiger partial charge in [-0.3, -0.25) is 0 Å². The van der Waals surface area contributed by atoms with Crippen molar-refractivity contribution < 1.29 is 8.42 Å². The fourth-order valence-corrected chi connectivity index (χ4v) is 4.51. The van der Waals surface area contributed by atoms with E-state index in [4.69, 9.17) is 0 Å². The molecule has 4 nitrogen and oxygen atoms in total. The SMILES string of the molecule is O=S(=O)(NCC1Cc2ccccc21)C1CCNCC1. The Morgan fingerprint density at radius 1 is 1.21 bits per heavy atom. The molecule has 2 N–H and O–H groups in total. The van der Waals surface area contributed by atoms with Gasteiger partial charge in [0, 0.05) is 12.5 Å². The Labute approximate surface area is 114 Å². The fraction of sp³-hybridized carbons (Fsp3) is 0.571. The lowest BCUT2D eigenvalue weighted by Gasteiger charge is -2.31. The van der Waals surface area contributed by atoms with Gasteiger partial charge in [0.05, 0.1) is 5.25 Å². The minimum atomic E-state index is -3.15. The van der Waals surface area contributed by atoms with E-state index >= 15 is 0 Å². The summed E-state index contributed by atoms with van der Waals surface area (Å²) in [5.41, 5.74) is 2.66. The predicted octanol–water partition coefficient (Wildman–Crippen LogP) is 0.998. The number of nitrogens with one attached hydrogen (secondary N) is 2. The number of benzene rings is 1. The molecule has 0 radical (unpaired) electrons. The van der Waals surface area contributed by atoms with Gasteiger partial charge in [-0.2, -0.15) is 0 Å². The smallest absolute Gasteiger partial charge is 0.214 e. The summed E-state index contributed by atoms with van der Waals surface area (Å²) < 4.78 is 27.2. The van der Waals surface area contributed by atoms with E-state index in [1.165, 1.54) is 11.1 Å². The largest absolute Gasteiger partial charge is 0.317 e. The molecule has 104 valence electrons. The molecule has 1 aliphatic heterocycles. The molecule has 0 saturated carbocycles. The third-order valence-electron chi connectivity index (χ3n) is 4.22. The standard InChI is InChI=1S/C14H20N2O2S/c17-19(18,13-5-7-15-8-6-13)16-10-12-9-11-3-1-2-4-14(11)12/h1-4,12-13,15-16H,5-10H2. The second-order valence-corrected chi connectivity index (χ2v) is 7.49. The molecular weight excluding hydrogens is 260 g/mol. The van der Waals surface area contributed by atoms with Crippen LogP contribution in [0.4, 0.5) is 0 Å². The molecular formula is C14H20N2O2S. The number of rotatable bonds is 4. The maximum Gasteiger partial charge on any atom is 0.214 e. The molecule has 5 heteroatoms. The fourth-order valence-electron chi connectivity index (χ4n) is 2.99. The highest BCUT2D eigenvalue weighted by Crippen LogP contribution is 2.34. The van der Waals surface area contributed by atoms with E-state index in [9.17, 15) is 8.42 Å². The Morgan fingerprint density at radius 2 is 1.95 bits per heavy atom. The first-order chi connectivity index (χ1) is 9.17. The molecule has 0 bridgehead atoms. The van der Waals surface area contributed by atoms with Crippen molar-refractivity contribution in [2.24, 2.45) is 0 Å². The van der Waals surface area contributed by atoms with Crippen molar-refractivity contribution in [1.82, 2.24) is 10.0 Å². The maximum absolute atomic E-state index is 12.2. The first kappa shape index (κ1) is 13.1. The number of hydrogen-bond acceptors (Lipinski definition) is 3. The third kappa shape index (κ3) is 2.68. The Hall–Kier alpha value is -0.910. The monoisotopic (exact) mass is 280 g/mol. The molecule has 0 aromatic heterocycles. The van der Waals surface area contributed by atoms with Gasteiger partial charge in [-0.15, -0.1) is 0 Å². The quantitative estimate of drug-likeness (QED) is 0.865. The van der Waals surface area contributed by atoms with Gasteiger partial charge in [-0.05, 0) is 43.5 Å². The van der Waals surface area contributed by atoms with Crippen LogP contribution in [0.3, 0.4) is 0 Å². The molecule has 1 atom stereocenters. The minimum Gasteiger partial charge on any atom is -0.317 e. The summed E-state index contributed by atoms with van der Waals surface area (Å²) in [6.45, 7) is 2.15. The van der Waals surface area contributed by atoms with Crippen LogP contribution >= 0.6 is 0 Å². The van der Waals surface area contributed by atoms with E-state index < -0.39 is 10.0 Å². The second kappa shape index (κ2) is 5.23. The predicted molar refractivity (Wildman–Crippen MR) is 75.7 cm³/mol. The van der Waals surface area contributed by atoms with Gasteiger partial charge in [0.2, 0.25) is 10.0 Å². The van der Waals surface area contributed by atoms with Crippen LogP contribution in [0.2, 0.25) is 0 Å². The van der Waals surface area contributed by atoms with Crippen molar-refractivity contribution in [3.8, 4) is 0 Å². The lowest BCUT2D eigenvalue weighted by molar-refractivity contribution is 0.484. The Kier molecular flexibility index (Phi) is 3.60. The molecule has 1 unspecified atom stereocenters. The molecule has 0 amide bonds. The molecule has 1 saturated heterocycles. The second-order valence-electron chi connectivity index (χ2n) is 5.44. The zero-order chi connectivity index (χ0) is 13.3. The molecule has 19 heavy (non-hydrogen) atoms. The highest BCUT2D eigenvalue weighted by molar-refractivity contribution is 7.90. The number of hydrogen-bond donors (Lipinski definition) is 2. The van der Waals surface area contributed by atoms with Gasteiger partial charge < -0.3 is 5.32 Å². The normalized spacial score (nSPS) is 23.7. The number of piperidine rings is 1. The van der Waals surface area contributed by atoms with Gasteiger partial charge in [-0.1, -0.05) is 24.3 Å². The van der Waals surface area contributed by atoms with Crippen molar-refractivity contribution in [1.29, 1.82) is 0 Å². The molecule has 0 spiro atoms. The average molecular weight is 280 g/mol. The van der Waals surface area contributed by atoms with Crippen molar-refractivity contribution in [2.45, 2.75) is 30.4 Å². The van der Waals surface area contributed by atoms with E-state index in [0.29, 0.717) is 12.5 Å². The van der Waals surface area contributed by atoms with Crippen molar-refractivity contribution >= 4 is 10.0 Å². The first-order valence-corrected chi connectivity index (χ1v) is 8.48. The third-order valence-corrected chi connectivity index (χ3v) is 6.14. The van der Waals surface area contributed by atoms with E-state index in [-0.39, 0.29) is 5.25 Å². The first-order valence-electron chi connectivity index (χ1n) is 6.94. The van der Waals surface area contributed by atoms with Crippen molar-refractivity contribution in [3.05, 3.63) is 35.4 Å². The summed E-state index contributed by atoms with van der Waals surface area (Å²) in [5.74, 6) is 0.354. The number of fused-ring (bicyclic) bond motifs is 1. The van der Waals surface area contributed by atoms with Crippen LogP contribution in [0.5, 0.6) is 0 Å². The Balaban J connectivity index is 1.58. The molecule has 1 fully saturated rings. The van der Waals surface area contributed by atoms with E-state index in [1.54, 1.807) is 0 Å². The Morgan fingerprint density at radius 3 is 2.68 bits per heavy atom. The van der Waals surface area contributed by atoms with E-state index in [1.807, 2.05) is 12.1 Å². The molecule has 1 heterocycles. The zero-order valence-electron chi connectivity index (χ0n) is 10.9. The van der Waals surface area contributed by atoms with Gasteiger partial charge in [0.1, 0.15) is 0 Å². The van der Waals surface area contributed by atoms with Crippen LogP contribution in [-0.4, -0.2) is 33.3 Å². The summed E-state index contributed by atoms with van der Waals surface area (Å²) >= 11 is 0. The maximum atomic E-state index is 12.2. The van der Waals surface area contributed by atoms with Gasteiger partial charge >= 0.3 is 0 Å². The van der Waals surface area contributed by atoms with Gasteiger partial charge in [0.15, 0.2) is 0 Å². The summed E-state index contributed by atoms with van der Waals surface area (Å²) in [7, 11) is -3.15. The minimum absolute atomic E-state index is 0.218. The summed E-state index contributed by atoms with van der Waals surface area (Å²) in [6.07, 6.45) is 2.43. The number of sulfonamides is 1. The van der Waals surface area contributed by atoms with Crippen LogP contribution in [-0.2, 0) is 16.4 Å². The highest BCUT2D eigenvalue weighted by Gasteiger charge is 2.30. The lowest BCUT2D eigenvalue weighted by atomic mass is 9.78. The van der Waals surface area contributed by atoms with Crippen LogP contribution in [0, 0.1) is 0 Å². The average Bonchev–Trinajstić information content (AvgIpc) is 2.41. The summed E-state index contributed by atoms with van der Waals surface area (Å²) in [6, 6.07) is 8.27. The highest BCUT2D eigenvalue weighted by atomic mass is 32.2. The summed E-state index contributed by atoms with van der Waals surface area (Å²) in [4.78, 5) is 0. The van der Waals surface area contributed by atoms with Gasteiger partial charge in [0.25, 0.3) is 0 Å². The lowest BCUT2D eigenvalue weighted by Crippen LogP contribution is -2.43. The van der Waals surface area contributed by atoms with Gasteiger partial charge in [-0.25, -0.2) is 13.1 Å². The molecule has 3 rings (SSSR count). The van der Waals surface area contributed by atoms with Crippen LogP contribution in [0.1, 0.15) is 29.9 Å². The van der Waals surface area contributed by atoms with Crippen LogP contribution in [0.25, 0.3) is 0 Å². The zero-order valence-corrected chi connectivity index (χ0v) is 11.7. The molecule has 1 aliphatic carbocycles. The van der Waals surface area contributed by atoms with E-state index in [2.05, 4.69) is 22.2 Å². The van der Waals surface area contributed by atoms with Crippen molar-refractivity contribution in [2.75, 3.05) is 19.6 Å². The summed E-state index contributed by atoms with van der Waals surface area (Å²) in [5, 5.41) is 2.98. The molecule has 1 aromatic rings. The molecule has 1 aromatic carbocycles. The Bertz CT molecular complexity index is 550. The van der Waals surface area contributed by atoms with E-state index in [0.717, 1.165) is 32.4 Å².